The van der Waals surface area contributed by atoms with Crippen molar-refractivity contribution in [1.29, 1.82) is 0 Å². The smallest absolute Gasteiger partial charge is 0.0701 e. The van der Waals surface area contributed by atoms with E-state index in [9.17, 15) is 0 Å². The average Bonchev–Trinajstić information content (AvgIpc) is 2.05. The van der Waals surface area contributed by atoms with Crippen LogP contribution in [0.5, 0.6) is 0 Å². The Morgan fingerprint density at radius 1 is 0.917 bits per heavy atom. The third kappa shape index (κ3) is 2.17. The van der Waals surface area contributed by atoms with E-state index in [1.54, 1.807) is 0 Å². The first-order valence-electron chi connectivity index (χ1n) is 3.26. The van der Waals surface area contributed by atoms with Gasteiger partial charge in [0, 0.05) is 28.7 Å². The van der Waals surface area contributed by atoms with E-state index in [1.165, 1.54) is 5.39 Å². The topological polar surface area (TPSA) is 12.9 Å². The van der Waals surface area contributed by atoms with Crippen LogP contribution in [-0.2, 0) is 17.1 Å². The van der Waals surface area contributed by atoms with Gasteiger partial charge in [-0.15, -0.1) is 0 Å². The van der Waals surface area contributed by atoms with E-state index in [2.05, 4.69) is 17.1 Å². The molecule has 0 unspecified atom stereocenters. The molecule has 0 fully saturated rings. The average molecular weight is 225 g/mol. The van der Waals surface area contributed by atoms with Crippen molar-refractivity contribution in [2.45, 2.75) is 0 Å². The fourth-order valence-corrected chi connectivity index (χ4v) is 1.02. The third-order valence-corrected chi connectivity index (χ3v) is 1.51. The van der Waals surface area contributed by atoms with Crippen molar-refractivity contribution in [1.82, 2.24) is 4.98 Å². The monoisotopic (exact) mass is 224 g/mol. The summed E-state index contributed by atoms with van der Waals surface area (Å²) in [4.78, 5) is 4.18. The molecule has 0 spiro atoms. The number of benzene rings is 1. The maximum atomic E-state index is 4.18. The number of fused-ring (bicyclic) bond motifs is 1. The number of nitrogens with zero attached hydrogens (tertiary/aromatic N) is 1. The molecule has 1 radical (unpaired) electrons. The summed E-state index contributed by atoms with van der Waals surface area (Å²) in [5.74, 6) is 0. The molecule has 12 heavy (non-hydrogen) atoms. The number of rotatable bonds is 0. The van der Waals surface area contributed by atoms with Crippen LogP contribution < -0.4 is 0 Å². The van der Waals surface area contributed by atoms with Gasteiger partial charge in [0.15, 0.2) is 0 Å². The summed E-state index contributed by atoms with van der Waals surface area (Å²) in [7, 11) is 0. The van der Waals surface area contributed by atoms with E-state index in [4.69, 9.17) is 0 Å². The van der Waals surface area contributed by atoms with Gasteiger partial charge in [-0.1, -0.05) is 24.3 Å². The molecule has 0 N–H and O–H groups in total. The van der Waals surface area contributed by atoms with Crippen LogP contribution in [-0.4, -0.2) is 15.9 Å². The predicted octanol–water partition coefficient (Wildman–Crippen LogP) is 0.781. The van der Waals surface area contributed by atoms with E-state index in [-0.39, 0.29) is 28.0 Å². The molecule has 1 nitrogen and oxygen atoms in total. The molecule has 0 atom stereocenters. The van der Waals surface area contributed by atoms with Gasteiger partial charge in [0.2, 0.25) is 0 Å². The van der Waals surface area contributed by atoms with Crippen LogP contribution in [0, 0.1) is 0 Å². The zero-order valence-corrected chi connectivity index (χ0v) is 6.73. The first-order valence-corrected chi connectivity index (χ1v) is 3.26. The number of pyridine rings is 1. The summed E-state index contributed by atoms with van der Waals surface area (Å²) in [6.45, 7) is 0. The Labute approximate surface area is 86.7 Å². The van der Waals surface area contributed by atoms with Gasteiger partial charge in [0.05, 0.1) is 5.52 Å². The minimum absolute atomic E-state index is 0. The molecule has 1 heterocycles. The minimum atomic E-state index is 0. The molecule has 0 aliphatic heterocycles. The molecular formula is C9H11CuNSi. The van der Waals surface area contributed by atoms with E-state index in [0.717, 1.165) is 5.52 Å². The summed E-state index contributed by atoms with van der Waals surface area (Å²) >= 11 is 0. The van der Waals surface area contributed by atoms with Crippen LogP contribution in [0.4, 0.5) is 0 Å². The van der Waals surface area contributed by atoms with Gasteiger partial charge >= 0.3 is 0 Å². The Kier molecular flexibility index (Phi) is 4.82. The molecule has 0 amide bonds. The normalized spacial score (nSPS) is 8.33. The molecule has 0 bridgehead atoms. The number of hydrogen-bond acceptors (Lipinski definition) is 1. The van der Waals surface area contributed by atoms with Crippen molar-refractivity contribution < 1.29 is 17.1 Å². The molecule has 1 aromatic heterocycles. The summed E-state index contributed by atoms with van der Waals surface area (Å²) in [6.07, 6.45) is 1.81. The van der Waals surface area contributed by atoms with Crippen LogP contribution in [0.1, 0.15) is 0 Å². The quantitative estimate of drug-likeness (QED) is 0.603. The molecule has 3 heteroatoms. The minimum Gasteiger partial charge on any atom is -0.256 e. The predicted molar refractivity (Wildman–Crippen MR) is 53.1 cm³/mol. The van der Waals surface area contributed by atoms with Gasteiger partial charge in [-0.2, -0.15) is 0 Å². The molecule has 0 aliphatic carbocycles. The van der Waals surface area contributed by atoms with Crippen molar-refractivity contribution >= 4 is 21.9 Å². The van der Waals surface area contributed by atoms with Gasteiger partial charge in [-0.05, 0) is 23.1 Å². The summed E-state index contributed by atoms with van der Waals surface area (Å²) in [5.41, 5.74) is 1.06. The number of hydrogen-bond donors (Lipinski definition) is 0. The van der Waals surface area contributed by atoms with Gasteiger partial charge in [0.25, 0.3) is 0 Å². The first kappa shape index (κ1) is 11.4. The Bertz CT molecular complexity index is 286. The van der Waals surface area contributed by atoms with Crippen molar-refractivity contribution in [2.24, 2.45) is 0 Å². The maximum Gasteiger partial charge on any atom is 0.0701 e. The fraction of sp³-hybridized carbons (Fsp3) is 0. The van der Waals surface area contributed by atoms with Crippen LogP contribution in [0.25, 0.3) is 10.9 Å². The van der Waals surface area contributed by atoms with Crippen molar-refractivity contribution in [3.05, 3.63) is 42.6 Å². The first-order chi connectivity index (χ1) is 4.97. The Balaban J connectivity index is 0.000000605. The zero-order chi connectivity index (χ0) is 6.81. The molecule has 2 rings (SSSR count). The second-order valence-electron chi connectivity index (χ2n) is 2.20. The molecular weight excluding hydrogens is 214 g/mol. The van der Waals surface area contributed by atoms with Gasteiger partial charge in [0.1, 0.15) is 0 Å². The number of aromatic nitrogens is 1. The summed E-state index contributed by atoms with van der Waals surface area (Å²) in [5, 5.41) is 1.20. The van der Waals surface area contributed by atoms with Crippen LogP contribution in [0.3, 0.4) is 0 Å². The van der Waals surface area contributed by atoms with E-state index < -0.39 is 0 Å². The SMILES string of the molecule is [Cu].[SiH4].c1ccc2ncccc2c1. The summed E-state index contributed by atoms with van der Waals surface area (Å²) < 4.78 is 0. The molecule has 0 aliphatic rings. The fourth-order valence-electron chi connectivity index (χ4n) is 1.02. The van der Waals surface area contributed by atoms with Gasteiger partial charge in [-0.3, -0.25) is 4.98 Å². The van der Waals surface area contributed by atoms with E-state index in [0.29, 0.717) is 0 Å². The van der Waals surface area contributed by atoms with Crippen LogP contribution in [0.15, 0.2) is 42.6 Å². The molecule has 0 saturated heterocycles. The van der Waals surface area contributed by atoms with Crippen LogP contribution in [0.2, 0.25) is 0 Å². The standard InChI is InChI=1S/C9H7N.Cu.H4Si/c1-2-6-9-8(4-1)5-3-7-10-9;;/h1-7H;;1H4. The maximum absolute atomic E-state index is 4.18. The van der Waals surface area contributed by atoms with Gasteiger partial charge in [-0.25, -0.2) is 0 Å². The van der Waals surface area contributed by atoms with Crippen LogP contribution >= 0.6 is 0 Å². The largest absolute Gasteiger partial charge is 0.256 e. The second kappa shape index (κ2) is 5.09. The second-order valence-corrected chi connectivity index (χ2v) is 2.20. The molecule has 2 aromatic rings. The molecule has 0 saturated carbocycles. The molecule has 1 aromatic carbocycles. The van der Waals surface area contributed by atoms with Crippen molar-refractivity contribution in [2.75, 3.05) is 0 Å². The van der Waals surface area contributed by atoms with E-state index >= 15 is 0 Å². The van der Waals surface area contributed by atoms with Gasteiger partial charge < -0.3 is 0 Å². The Morgan fingerprint density at radius 3 is 2.33 bits per heavy atom. The Morgan fingerprint density at radius 2 is 1.58 bits per heavy atom. The third-order valence-electron chi connectivity index (χ3n) is 1.51. The van der Waals surface area contributed by atoms with Crippen molar-refractivity contribution in [3.63, 3.8) is 0 Å². The molecule has 67 valence electrons. The Hall–Kier alpha value is -0.634. The summed E-state index contributed by atoms with van der Waals surface area (Å²) in [6, 6.07) is 12.1. The number of para-hydroxylation sites is 1. The van der Waals surface area contributed by atoms with Crippen molar-refractivity contribution in [3.8, 4) is 0 Å². The zero-order valence-electron chi connectivity index (χ0n) is 5.79. The van der Waals surface area contributed by atoms with E-state index in [1.807, 2.05) is 30.5 Å².